The van der Waals surface area contributed by atoms with Gasteiger partial charge in [-0.2, -0.15) is 4.98 Å². The Labute approximate surface area is 156 Å². The van der Waals surface area contributed by atoms with E-state index in [1.54, 1.807) is 24.3 Å². The number of aliphatic hydroxyl groups is 3. The minimum Gasteiger partial charge on any atom is -0.394 e. The number of aliphatic hydroxyl groups excluding tert-OH is 3. The number of ether oxygens (including phenoxy) is 1. The Morgan fingerprint density at radius 1 is 1.18 bits per heavy atom. The van der Waals surface area contributed by atoms with Gasteiger partial charge in [-0.15, -0.1) is 0 Å². The first-order chi connectivity index (χ1) is 13.5. The summed E-state index contributed by atoms with van der Waals surface area (Å²) in [6.45, 7) is -0.523. The minimum atomic E-state index is -1.43. The molecule has 1 aliphatic heterocycles. The van der Waals surface area contributed by atoms with Crippen molar-refractivity contribution in [1.29, 1.82) is 0 Å². The summed E-state index contributed by atoms with van der Waals surface area (Å²) < 4.78 is 6.57. The molecule has 11 heteroatoms. The number of H-pyrrole nitrogens is 1. The lowest BCUT2D eigenvalue weighted by molar-refractivity contribution is -0.0509. The highest BCUT2D eigenvalue weighted by Gasteiger charge is 2.44. The fourth-order valence-corrected chi connectivity index (χ4v) is 3.11. The Morgan fingerprint density at radius 2 is 1.93 bits per heavy atom. The zero-order valence-electron chi connectivity index (χ0n) is 14.4. The summed E-state index contributed by atoms with van der Waals surface area (Å²) in [5.74, 6) is -0.0769. The molecular formula is C17H17N5O6. The van der Waals surface area contributed by atoms with Gasteiger partial charge in [-0.05, 0) is 12.1 Å². The molecule has 28 heavy (non-hydrogen) atoms. The van der Waals surface area contributed by atoms with Crippen LogP contribution in [0.4, 0.5) is 11.6 Å². The molecule has 0 radical (unpaired) electrons. The van der Waals surface area contributed by atoms with Gasteiger partial charge < -0.3 is 25.4 Å². The van der Waals surface area contributed by atoms with E-state index in [1.165, 1.54) is 0 Å². The molecule has 1 aliphatic rings. The lowest BCUT2D eigenvalue weighted by Gasteiger charge is -2.16. The summed E-state index contributed by atoms with van der Waals surface area (Å²) >= 11 is 0. The number of rotatable bonds is 4. The van der Waals surface area contributed by atoms with Gasteiger partial charge in [-0.1, -0.05) is 18.2 Å². The van der Waals surface area contributed by atoms with Crippen molar-refractivity contribution >= 4 is 22.7 Å². The molecule has 4 rings (SSSR count). The lowest BCUT2D eigenvalue weighted by Crippen LogP contribution is -2.33. The van der Waals surface area contributed by atoms with Crippen molar-refractivity contribution in [3.8, 4) is 0 Å². The van der Waals surface area contributed by atoms with Crippen molar-refractivity contribution in [2.24, 2.45) is 0 Å². The summed E-state index contributed by atoms with van der Waals surface area (Å²) in [7, 11) is 0. The van der Waals surface area contributed by atoms with Crippen LogP contribution in [-0.2, 0) is 4.74 Å². The third-order valence-electron chi connectivity index (χ3n) is 4.48. The van der Waals surface area contributed by atoms with Crippen LogP contribution in [0.1, 0.15) is 6.23 Å². The molecule has 0 saturated carbocycles. The van der Waals surface area contributed by atoms with Crippen LogP contribution in [0.3, 0.4) is 0 Å². The van der Waals surface area contributed by atoms with Crippen LogP contribution in [0.25, 0.3) is 11.0 Å². The zero-order valence-corrected chi connectivity index (χ0v) is 14.4. The molecule has 1 saturated heterocycles. The molecular weight excluding hydrogens is 370 g/mol. The first-order valence-corrected chi connectivity index (χ1v) is 8.45. The van der Waals surface area contributed by atoms with Gasteiger partial charge in [0.1, 0.15) is 23.8 Å². The van der Waals surface area contributed by atoms with Gasteiger partial charge in [0.05, 0.1) is 12.9 Å². The number of fused-ring (bicyclic) bond motifs is 1. The molecule has 0 spiro atoms. The monoisotopic (exact) mass is 387 g/mol. The smallest absolute Gasteiger partial charge is 0.301 e. The molecule has 1 unspecified atom stereocenters. The fraction of sp³-hybridized carbons (Fsp3) is 0.294. The van der Waals surface area contributed by atoms with Crippen molar-refractivity contribution in [3.63, 3.8) is 0 Å². The Hall–Kier alpha value is -3.12. The average molecular weight is 387 g/mol. The average Bonchev–Trinajstić information content (AvgIpc) is 3.21. The third kappa shape index (κ3) is 3.05. The number of benzene rings is 1. The summed E-state index contributed by atoms with van der Waals surface area (Å²) in [6.07, 6.45) is -3.87. The number of hydrogen-bond acceptors (Lipinski definition) is 9. The highest BCUT2D eigenvalue weighted by Crippen LogP contribution is 2.30. The molecule has 0 aliphatic carbocycles. The molecule has 0 bridgehead atoms. The number of anilines is 2. The largest absolute Gasteiger partial charge is 0.394 e. The Kier molecular flexibility index (Phi) is 4.65. The normalized spacial score (nSPS) is 24.5. The second-order valence-electron chi connectivity index (χ2n) is 6.29. The topological polar surface area (TPSA) is 163 Å². The van der Waals surface area contributed by atoms with Crippen LogP contribution in [0.2, 0.25) is 0 Å². The van der Waals surface area contributed by atoms with Crippen molar-refractivity contribution in [1.82, 2.24) is 19.5 Å². The standard InChI is InChI=1S/C17H17N5O6/c23-6-9-12(24)13(25)16(28-9)22-7-18-10-11(22)15(27)21-17(20-14(10)26)19-8-4-2-1-3-5-8/h1-5,7,9,12-13,16,23-25H,6H2,(H2,19,20,21,26,27)/t9-,12-,13-,16?/m1/s1. The number of nitrogens with zero attached hydrogens (tertiary/aromatic N) is 3. The number of hydrogen-bond donors (Lipinski definition) is 5. The number of nitrogens with one attached hydrogen (secondary N) is 2. The maximum atomic E-state index is 12.7. The SMILES string of the molecule is O=c1nc(Nc2ccccc2)[nH]c(=O)c2c1ncn2C1O[C@H](CO)[C@@H](O)[C@H]1O. The van der Waals surface area contributed by atoms with E-state index in [9.17, 15) is 24.9 Å². The van der Waals surface area contributed by atoms with Crippen LogP contribution in [0.15, 0.2) is 46.2 Å². The zero-order chi connectivity index (χ0) is 19.8. The molecule has 5 N–H and O–H groups in total. The number of imidazole rings is 1. The van der Waals surface area contributed by atoms with Gasteiger partial charge in [0.25, 0.3) is 5.56 Å². The maximum absolute atomic E-state index is 12.7. The number of aromatic amines is 1. The Balaban J connectivity index is 1.81. The highest BCUT2D eigenvalue weighted by molar-refractivity contribution is 5.73. The molecule has 11 nitrogen and oxygen atoms in total. The molecule has 4 atom stereocenters. The summed E-state index contributed by atoms with van der Waals surface area (Å²) in [6, 6.07) is 8.82. The van der Waals surface area contributed by atoms with E-state index in [0.29, 0.717) is 5.69 Å². The van der Waals surface area contributed by atoms with Crippen molar-refractivity contribution in [2.45, 2.75) is 24.5 Å². The Bertz CT molecular complexity index is 1110. The second kappa shape index (κ2) is 7.13. The predicted octanol–water partition coefficient (Wildman–Crippen LogP) is -1.17. The highest BCUT2D eigenvalue weighted by atomic mass is 16.6. The molecule has 146 valence electrons. The van der Waals surface area contributed by atoms with Crippen LogP contribution in [0.5, 0.6) is 0 Å². The van der Waals surface area contributed by atoms with Gasteiger partial charge in [-0.3, -0.25) is 19.1 Å². The van der Waals surface area contributed by atoms with Crippen LogP contribution in [0, 0.1) is 0 Å². The van der Waals surface area contributed by atoms with E-state index in [4.69, 9.17) is 4.74 Å². The van der Waals surface area contributed by atoms with E-state index < -0.39 is 42.3 Å². The summed E-state index contributed by atoms with van der Waals surface area (Å²) in [5, 5.41) is 32.2. The van der Waals surface area contributed by atoms with Crippen molar-refractivity contribution in [3.05, 3.63) is 57.4 Å². The first-order valence-electron chi connectivity index (χ1n) is 8.45. The first kappa shape index (κ1) is 18.3. The molecule has 0 amide bonds. The number of para-hydroxylation sites is 1. The van der Waals surface area contributed by atoms with Crippen LogP contribution >= 0.6 is 0 Å². The summed E-state index contributed by atoms with van der Waals surface area (Å²) in [4.78, 5) is 35.4. The number of aromatic nitrogens is 4. The van der Waals surface area contributed by atoms with E-state index in [-0.39, 0.29) is 17.0 Å². The van der Waals surface area contributed by atoms with Gasteiger partial charge >= 0.3 is 5.56 Å². The third-order valence-corrected chi connectivity index (χ3v) is 4.48. The van der Waals surface area contributed by atoms with Gasteiger partial charge in [0.15, 0.2) is 11.7 Å². The minimum absolute atomic E-state index is 0.0769. The van der Waals surface area contributed by atoms with E-state index in [0.717, 1.165) is 10.9 Å². The molecule has 1 fully saturated rings. The molecule has 2 aromatic heterocycles. The van der Waals surface area contributed by atoms with Gasteiger partial charge in [-0.25, -0.2) is 4.98 Å². The predicted molar refractivity (Wildman–Crippen MR) is 97.2 cm³/mol. The van der Waals surface area contributed by atoms with Crippen LogP contribution in [-0.4, -0.2) is 59.8 Å². The van der Waals surface area contributed by atoms with Crippen LogP contribution < -0.4 is 16.4 Å². The molecule has 3 aromatic rings. The van der Waals surface area contributed by atoms with Gasteiger partial charge in [0, 0.05) is 5.69 Å². The maximum Gasteiger partial charge on any atom is 0.301 e. The van der Waals surface area contributed by atoms with E-state index >= 15 is 0 Å². The molecule has 3 heterocycles. The lowest BCUT2D eigenvalue weighted by atomic mass is 10.1. The quantitative estimate of drug-likeness (QED) is 0.371. The second-order valence-corrected chi connectivity index (χ2v) is 6.29. The van der Waals surface area contributed by atoms with E-state index in [2.05, 4.69) is 20.3 Å². The van der Waals surface area contributed by atoms with Crippen molar-refractivity contribution in [2.75, 3.05) is 11.9 Å². The van der Waals surface area contributed by atoms with E-state index in [1.807, 2.05) is 6.07 Å². The van der Waals surface area contributed by atoms with Crippen molar-refractivity contribution < 1.29 is 20.1 Å². The summed E-state index contributed by atoms with van der Waals surface area (Å²) in [5.41, 5.74) is -1.25. The Morgan fingerprint density at radius 3 is 2.61 bits per heavy atom. The molecule has 1 aromatic carbocycles. The van der Waals surface area contributed by atoms with Gasteiger partial charge in [0.2, 0.25) is 5.95 Å². The fourth-order valence-electron chi connectivity index (χ4n) is 3.11.